The van der Waals surface area contributed by atoms with E-state index in [0.29, 0.717) is 17.5 Å². The highest BCUT2D eigenvalue weighted by Crippen LogP contribution is 2.43. The topological polar surface area (TPSA) is 193 Å². The van der Waals surface area contributed by atoms with Crippen LogP contribution < -0.4 is 26.5 Å². The summed E-state index contributed by atoms with van der Waals surface area (Å²) in [5.41, 5.74) is 10.3. The molecule has 37 heavy (non-hydrogen) atoms. The van der Waals surface area contributed by atoms with Gasteiger partial charge in [-0.15, -0.1) is 23.1 Å². The molecule has 4 rings (SSSR count). The van der Waals surface area contributed by atoms with E-state index in [1.165, 1.54) is 28.4 Å². The predicted octanol–water partition coefficient (Wildman–Crippen LogP) is -1.32. The lowest BCUT2D eigenvalue weighted by molar-refractivity contribution is -0.733. The molecule has 13 nitrogen and oxygen atoms in total. The molecule has 2 aromatic rings. The summed E-state index contributed by atoms with van der Waals surface area (Å²) in [5.74, 6) is -1.60. The second-order valence-electron chi connectivity index (χ2n) is 8.32. The van der Waals surface area contributed by atoms with Crippen LogP contribution in [0.25, 0.3) is 0 Å². The first kappa shape index (κ1) is 26.9. The van der Waals surface area contributed by atoms with E-state index in [1.807, 2.05) is 11.5 Å². The fourth-order valence-corrected chi connectivity index (χ4v) is 7.29. The summed E-state index contributed by atoms with van der Waals surface area (Å²) < 4.78 is 1.86. The molecule has 3 atom stereocenters. The van der Waals surface area contributed by atoms with E-state index in [1.54, 1.807) is 24.6 Å². The molecule has 0 spiro atoms. The minimum Gasteiger partial charge on any atom is -0.549 e. The van der Waals surface area contributed by atoms with Crippen molar-refractivity contribution in [3.05, 3.63) is 23.3 Å². The number of thiazole rings is 1. The first-order valence-electron chi connectivity index (χ1n) is 11.3. The Morgan fingerprint density at radius 2 is 2.19 bits per heavy atom. The Kier molecular flexibility index (Phi) is 8.08. The Morgan fingerprint density at radius 3 is 2.84 bits per heavy atom. The van der Waals surface area contributed by atoms with Gasteiger partial charge in [0.15, 0.2) is 10.8 Å². The molecule has 4 heterocycles. The van der Waals surface area contributed by atoms with Gasteiger partial charge in [-0.05, 0) is 30.6 Å². The number of β-lactam (4-membered cyclic amide) rings is 1. The van der Waals surface area contributed by atoms with Crippen molar-refractivity contribution in [2.75, 3.05) is 36.1 Å². The number of oxime groups is 1. The lowest BCUT2D eigenvalue weighted by Gasteiger charge is -2.55. The van der Waals surface area contributed by atoms with E-state index >= 15 is 0 Å². The number of aryl methyl sites for hydroxylation is 1. The lowest BCUT2D eigenvalue weighted by atomic mass is 9.89. The monoisotopic (exact) mass is 566 g/mol. The molecule has 2 aliphatic rings. The summed E-state index contributed by atoms with van der Waals surface area (Å²) in [4.78, 5) is 53.1. The standard InChI is InChI=1S/C21H26N8O5S3/c1-3-28-6-5-12(22)25-20(28)37-10-21(18(32)33)8-29-16(31)14(17(29)36-9-21)26-15(30)13(27-34-4-2)11-7-35-19(23)24-11/h5-7,14,17,22H,3-4,8-10H2,1-2H3,(H4,23,24,26,30,32,33)/t14?,17-,21?/m1/s1. The average Bonchev–Trinajstić information content (AvgIpc) is 3.31. The molecule has 198 valence electrons. The molecule has 5 N–H and O–H groups in total. The number of nitrogens with two attached hydrogens (primary N) is 2. The molecule has 0 aromatic carbocycles. The van der Waals surface area contributed by atoms with Crippen molar-refractivity contribution in [2.24, 2.45) is 10.6 Å². The molecule has 2 amide bonds. The van der Waals surface area contributed by atoms with Crippen molar-refractivity contribution in [3.63, 3.8) is 0 Å². The number of nitrogens with zero attached hydrogens (tertiary/aromatic N) is 5. The molecule has 0 aliphatic carbocycles. The molecule has 0 saturated carbocycles. The largest absolute Gasteiger partial charge is 0.549 e. The third-order valence-corrected chi connectivity index (χ3v) is 9.39. The number of hydrogen-bond donors (Lipinski definition) is 3. The number of rotatable bonds is 10. The Morgan fingerprint density at radius 1 is 1.41 bits per heavy atom. The van der Waals surface area contributed by atoms with Gasteiger partial charge in [0.05, 0.1) is 18.7 Å². The number of carbonyl (C=O) groups is 3. The van der Waals surface area contributed by atoms with Gasteiger partial charge >= 0.3 is 5.16 Å². The highest BCUT2D eigenvalue weighted by Gasteiger charge is 2.56. The summed E-state index contributed by atoms with van der Waals surface area (Å²) in [6, 6.07) is 0.829. The fourth-order valence-electron chi connectivity index (χ4n) is 3.84. The first-order chi connectivity index (χ1) is 17.7. The van der Waals surface area contributed by atoms with Crippen LogP contribution in [0.2, 0.25) is 0 Å². The number of amides is 2. The number of carboxylic acids is 1. The zero-order valence-electron chi connectivity index (χ0n) is 20.1. The SMILES string of the molecule is CCON=C(C(=O)NC1C(=O)N2CC(CSc3nc(N)cc[n+]3CC)(C(=O)[O-])CS[C@H]12)c1csc(N)n1. The Balaban J connectivity index is 1.44. The minimum absolute atomic E-state index is 0.0395. The van der Waals surface area contributed by atoms with Crippen LogP contribution >= 0.6 is 34.9 Å². The maximum Gasteiger partial charge on any atom is 0.361 e. The number of nitrogens with one attached hydrogen (secondary N) is 1. The highest BCUT2D eigenvalue weighted by atomic mass is 32.2. The quantitative estimate of drug-likeness (QED) is 0.0771. The van der Waals surface area contributed by atoms with Gasteiger partial charge < -0.3 is 36.4 Å². The van der Waals surface area contributed by atoms with Gasteiger partial charge in [0.2, 0.25) is 11.7 Å². The van der Waals surface area contributed by atoms with Crippen LogP contribution in [0.15, 0.2) is 28.0 Å². The van der Waals surface area contributed by atoms with Gasteiger partial charge in [0.25, 0.3) is 5.91 Å². The van der Waals surface area contributed by atoms with Crippen LogP contribution in [0, 0.1) is 5.41 Å². The lowest BCUT2D eigenvalue weighted by Crippen LogP contribution is -2.75. The van der Waals surface area contributed by atoms with Gasteiger partial charge in [-0.1, -0.05) is 5.16 Å². The van der Waals surface area contributed by atoms with Crippen molar-refractivity contribution in [1.29, 1.82) is 0 Å². The van der Waals surface area contributed by atoms with Gasteiger partial charge in [0.1, 0.15) is 23.7 Å². The third-order valence-electron chi connectivity index (χ3n) is 5.84. The second kappa shape index (κ2) is 11.1. The first-order valence-corrected chi connectivity index (χ1v) is 14.2. The molecule has 2 saturated heterocycles. The number of carbonyl (C=O) groups excluding carboxylic acids is 3. The Hall–Kier alpha value is -3.11. The van der Waals surface area contributed by atoms with Crippen LogP contribution in [0.4, 0.5) is 10.9 Å². The number of hydrogen-bond acceptors (Lipinski definition) is 13. The molecule has 0 bridgehead atoms. The number of nitrogen functional groups attached to an aromatic ring is 2. The third kappa shape index (κ3) is 5.45. The van der Waals surface area contributed by atoms with Crippen LogP contribution in [0.5, 0.6) is 0 Å². The van der Waals surface area contributed by atoms with Crippen molar-refractivity contribution >= 4 is 69.3 Å². The molecule has 0 radical (unpaired) electrons. The summed E-state index contributed by atoms with van der Waals surface area (Å²) >= 11 is 3.68. The number of thioether (sulfide) groups is 2. The normalized spacial score (nSPS) is 23.2. The highest BCUT2D eigenvalue weighted by molar-refractivity contribution is 8.00. The summed E-state index contributed by atoms with van der Waals surface area (Å²) in [7, 11) is 0. The summed E-state index contributed by atoms with van der Waals surface area (Å²) in [6.45, 7) is 4.49. The summed E-state index contributed by atoms with van der Waals surface area (Å²) in [5, 5.41) is 20.8. The predicted molar refractivity (Wildman–Crippen MR) is 137 cm³/mol. The molecule has 2 unspecified atom stereocenters. The zero-order valence-corrected chi connectivity index (χ0v) is 22.5. The average molecular weight is 567 g/mol. The van der Waals surface area contributed by atoms with Gasteiger partial charge in [-0.3, -0.25) is 9.59 Å². The smallest absolute Gasteiger partial charge is 0.361 e. The molecule has 2 fully saturated rings. The Bertz CT molecular complexity index is 1240. The van der Waals surface area contributed by atoms with Gasteiger partial charge in [-0.2, -0.15) is 0 Å². The van der Waals surface area contributed by atoms with Crippen molar-refractivity contribution in [3.8, 4) is 0 Å². The fraction of sp³-hybridized carbons (Fsp3) is 0.476. The van der Waals surface area contributed by atoms with Crippen LogP contribution in [-0.4, -0.2) is 74.4 Å². The maximum absolute atomic E-state index is 13.0. The zero-order chi connectivity index (χ0) is 26.7. The van der Waals surface area contributed by atoms with Gasteiger partial charge in [-0.25, -0.2) is 9.55 Å². The molecular weight excluding hydrogens is 540 g/mol. The van der Waals surface area contributed by atoms with E-state index in [4.69, 9.17) is 16.3 Å². The van der Waals surface area contributed by atoms with Crippen LogP contribution in [0.3, 0.4) is 0 Å². The number of aliphatic carboxylic acids is 1. The number of carboxylic acid groups (broad SMARTS) is 1. The number of anilines is 2. The molecule has 2 aliphatic heterocycles. The molecule has 2 aromatic heterocycles. The van der Waals surface area contributed by atoms with E-state index in [-0.39, 0.29) is 47.1 Å². The summed E-state index contributed by atoms with van der Waals surface area (Å²) in [6.07, 6.45) is 1.79. The molecule has 16 heteroatoms. The maximum atomic E-state index is 13.0. The molecular formula is C21H26N8O5S3. The van der Waals surface area contributed by atoms with Crippen molar-refractivity contribution in [2.45, 2.75) is 37.0 Å². The number of fused-ring (bicyclic) bond motifs is 1. The second-order valence-corrected chi connectivity index (χ2v) is 11.3. The van der Waals surface area contributed by atoms with Crippen LogP contribution in [0.1, 0.15) is 19.5 Å². The van der Waals surface area contributed by atoms with E-state index < -0.39 is 28.7 Å². The van der Waals surface area contributed by atoms with E-state index in [2.05, 4.69) is 20.4 Å². The van der Waals surface area contributed by atoms with E-state index in [9.17, 15) is 19.5 Å². The minimum atomic E-state index is -1.30. The number of aromatic nitrogens is 3. The Labute approximate surface area is 225 Å². The van der Waals surface area contributed by atoms with Gasteiger partial charge in [0, 0.05) is 34.9 Å². The van der Waals surface area contributed by atoms with Crippen LogP contribution in [-0.2, 0) is 25.8 Å². The van der Waals surface area contributed by atoms with Crippen molar-refractivity contribution in [1.82, 2.24) is 20.2 Å². The van der Waals surface area contributed by atoms with Crippen molar-refractivity contribution < 1.29 is 28.9 Å². The van der Waals surface area contributed by atoms with E-state index in [0.717, 1.165) is 11.3 Å².